The van der Waals surface area contributed by atoms with Crippen molar-refractivity contribution in [1.82, 2.24) is 28.8 Å². The lowest BCUT2D eigenvalue weighted by Gasteiger charge is -2.30. The van der Waals surface area contributed by atoms with Crippen molar-refractivity contribution in [2.45, 2.75) is 24.5 Å². The molecule has 14 heteroatoms. The van der Waals surface area contributed by atoms with Crippen molar-refractivity contribution in [3.63, 3.8) is 0 Å². The molecule has 27 heavy (non-hydrogen) atoms. The van der Waals surface area contributed by atoms with E-state index in [2.05, 4.69) is 19.9 Å². The van der Waals surface area contributed by atoms with Crippen LogP contribution in [0, 0.1) is 0 Å². The van der Waals surface area contributed by atoms with Gasteiger partial charge in [-0.3, -0.25) is 8.90 Å². The van der Waals surface area contributed by atoms with Crippen LogP contribution in [0.4, 0.5) is 5.82 Å². The first-order chi connectivity index (χ1) is 12.9. The number of rotatable bonds is 5. The number of aromatic nitrogens is 6. The number of aliphatic hydroxyl groups excluding tert-OH is 2. The van der Waals surface area contributed by atoms with Crippen molar-refractivity contribution in [2.24, 2.45) is 0 Å². The van der Waals surface area contributed by atoms with Crippen molar-refractivity contribution in [2.75, 3.05) is 12.3 Å². The zero-order valence-corrected chi connectivity index (χ0v) is 15.3. The van der Waals surface area contributed by atoms with Crippen LogP contribution in [0.15, 0.2) is 31.4 Å². The highest BCUT2D eigenvalue weighted by Gasteiger charge is 2.44. The number of imidazole rings is 2. The van der Waals surface area contributed by atoms with Gasteiger partial charge in [-0.05, 0) is 0 Å². The molecule has 0 bridgehead atoms. The largest absolute Gasteiger partial charge is 0.785 e. The van der Waals surface area contributed by atoms with Crippen molar-refractivity contribution < 1.29 is 24.4 Å². The minimum Gasteiger partial charge on any atom is -0.785 e. The van der Waals surface area contributed by atoms with E-state index in [0.29, 0.717) is 11.2 Å². The Morgan fingerprint density at radius 1 is 1.30 bits per heavy atom. The fraction of sp³-hybridized carbons (Fsp3) is 0.385. The second kappa shape index (κ2) is 6.87. The van der Waals surface area contributed by atoms with Crippen LogP contribution in [0.25, 0.3) is 11.2 Å². The molecule has 3 aromatic heterocycles. The molecular weight excluding hydrogens is 397 g/mol. The van der Waals surface area contributed by atoms with Gasteiger partial charge in [-0.25, -0.2) is 19.9 Å². The van der Waals surface area contributed by atoms with E-state index in [-0.39, 0.29) is 12.4 Å². The summed E-state index contributed by atoms with van der Waals surface area (Å²) in [5.41, 5.74) is 6.44. The Bertz CT molecular complexity index is 998. The molecule has 4 N–H and O–H groups in total. The summed E-state index contributed by atoms with van der Waals surface area (Å²) in [5, 5.41) is 20.7. The molecule has 144 valence electrons. The minimum absolute atomic E-state index is 0.180. The Morgan fingerprint density at radius 3 is 2.85 bits per heavy atom. The zero-order valence-electron chi connectivity index (χ0n) is 13.6. The van der Waals surface area contributed by atoms with E-state index in [9.17, 15) is 15.1 Å². The van der Waals surface area contributed by atoms with Gasteiger partial charge in [0.15, 0.2) is 17.7 Å². The number of nitrogens with zero attached hydrogens (tertiary/aromatic N) is 6. The Kier molecular flexibility index (Phi) is 4.68. The predicted molar refractivity (Wildman–Crippen MR) is 93.5 cm³/mol. The lowest BCUT2D eigenvalue weighted by atomic mass is 10.1. The number of nitrogens with two attached hydrogens (primary N) is 1. The second-order valence-electron chi connectivity index (χ2n) is 5.84. The molecule has 0 aromatic carbocycles. The predicted octanol–water partition coefficient (Wildman–Crippen LogP) is -1.63. The Hall–Kier alpha value is -1.99. The summed E-state index contributed by atoms with van der Waals surface area (Å²) in [7, 11) is 0. The molecule has 0 amide bonds. The van der Waals surface area contributed by atoms with Gasteiger partial charge in [0.1, 0.15) is 30.2 Å². The quantitative estimate of drug-likeness (QED) is 0.411. The van der Waals surface area contributed by atoms with Gasteiger partial charge in [0.2, 0.25) is 0 Å². The average Bonchev–Trinajstić information content (AvgIpc) is 3.36. The first-order valence-corrected chi connectivity index (χ1v) is 10.4. The molecule has 3 aromatic rings. The van der Waals surface area contributed by atoms with E-state index < -0.39 is 31.2 Å². The molecule has 1 saturated heterocycles. The number of aliphatic hydroxyl groups is 2. The highest BCUT2D eigenvalue weighted by molar-refractivity contribution is 8.08. The van der Waals surface area contributed by atoms with Gasteiger partial charge >= 0.3 is 0 Å². The Morgan fingerprint density at radius 2 is 2.11 bits per heavy atom. The van der Waals surface area contributed by atoms with Crippen LogP contribution < -0.4 is 10.6 Å². The molecule has 0 aliphatic carbocycles. The van der Waals surface area contributed by atoms with Gasteiger partial charge in [-0.15, -0.1) is 0 Å². The van der Waals surface area contributed by atoms with Gasteiger partial charge < -0.3 is 30.1 Å². The molecule has 4 rings (SSSR count). The first-order valence-electron chi connectivity index (χ1n) is 7.77. The third kappa shape index (κ3) is 3.23. The van der Waals surface area contributed by atoms with Crippen LogP contribution in [0.3, 0.4) is 0 Å². The standard InChI is InChI=1S/C13H16N7O5PS/c14-11-8-12(17-4-16-11)20(6-18-8)13-10(22)9(21)7(25-13)3-24-26(23,27)19-2-1-15-5-19/h1-2,4-7,9-10,13,21-22H,3H2,(H,23,27)(H2,14,16,17)/p-1/t7-,9-,10-,13-,26?/m1/s1. The minimum atomic E-state index is -3.61. The van der Waals surface area contributed by atoms with Crippen LogP contribution in [0.5, 0.6) is 0 Å². The molecule has 12 nitrogen and oxygen atoms in total. The van der Waals surface area contributed by atoms with Gasteiger partial charge in [0.05, 0.1) is 25.9 Å². The van der Waals surface area contributed by atoms with Gasteiger partial charge in [-0.2, -0.15) is 0 Å². The highest BCUT2D eigenvalue weighted by Crippen LogP contribution is 2.40. The fourth-order valence-electron chi connectivity index (χ4n) is 2.78. The number of nitrogen functional groups attached to an aromatic ring is 1. The molecule has 4 heterocycles. The van der Waals surface area contributed by atoms with Crippen molar-refractivity contribution in [1.29, 1.82) is 0 Å². The third-order valence-electron chi connectivity index (χ3n) is 4.17. The fourth-order valence-corrected chi connectivity index (χ4v) is 4.13. The van der Waals surface area contributed by atoms with Crippen LogP contribution in [-0.2, 0) is 21.1 Å². The van der Waals surface area contributed by atoms with Gasteiger partial charge in [0, 0.05) is 12.4 Å². The van der Waals surface area contributed by atoms with Crippen LogP contribution in [0.1, 0.15) is 6.23 Å². The van der Waals surface area contributed by atoms with E-state index in [1.54, 1.807) is 0 Å². The molecule has 1 aliphatic heterocycles. The number of ether oxygens (including phenoxy) is 1. The lowest BCUT2D eigenvalue weighted by molar-refractivity contribution is -0.188. The number of hydrogen-bond donors (Lipinski definition) is 3. The molecule has 0 radical (unpaired) electrons. The van der Waals surface area contributed by atoms with E-state index in [0.717, 1.165) is 0 Å². The maximum Gasteiger partial charge on any atom is 0.167 e. The number of anilines is 1. The summed E-state index contributed by atoms with van der Waals surface area (Å²) >= 11 is 4.96. The number of fused-ring (bicyclic) bond motifs is 1. The highest BCUT2D eigenvalue weighted by atomic mass is 32.5. The molecule has 0 saturated carbocycles. The summed E-state index contributed by atoms with van der Waals surface area (Å²) in [4.78, 5) is 28.2. The van der Waals surface area contributed by atoms with Crippen molar-refractivity contribution in [3.05, 3.63) is 31.4 Å². The Balaban J connectivity index is 1.52. The van der Waals surface area contributed by atoms with Crippen molar-refractivity contribution in [3.8, 4) is 0 Å². The molecule has 1 fully saturated rings. The molecule has 0 spiro atoms. The van der Waals surface area contributed by atoms with Crippen LogP contribution in [0.2, 0.25) is 0 Å². The summed E-state index contributed by atoms with van der Waals surface area (Å²) in [6, 6.07) is 0. The van der Waals surface area contributed by atoms with Gasteiger partial charge in [0.25, 0.3) is 0 Å². The second-order valence-corrected chi connectivity index (χ2v) is 8.88. The van der Waals surface area contributed by atoms with Crippen LogP contribution >= 0.6 is 6.64 Å². The molecule has 5 atom stereocenters. The van der Waals surface area contributed by atoms with Gasteiger partial charge in [-0.1, -0.05) is 11.8 Å². The smallest absolute Gasteiger partial charge is 0.167 e. The van der Waals surface area contributed by atoms with E-state index in [4.69, 9.17) is 26.8 Å². The Labute approximate surface area is 157 Å². The summed E-state index contributed by atoms with van der Waals surface area (Å²) in [5.74, 6) is 0.180. The summed E-state index contributed by atoms with van der Waals surface area (Å²) in [6.07, 6.45) is 2.18. The van der Waals surface area contributed by atoms with E-state index in [1.807, 2.05) is 0 Å². The van der Waals surface area contributed by atoms with Crippen LogP contribution in [-0.4, -0.2) is 64.0 Å². The maximum absolute atomic E-state index is 12.4. The number of hydrogen-bond acceptors (Lipinski definition) is 11. The third-order valence-corrected chi connectivity index (χ3v) is 6.33. The first kappa shape index (κ1) is 18.4. The van der Waals surface area contributed by atoms with E-state index >= 15 is 0 Å². The molecule has 1 unspecified atom stereocenters. The summed E-state index contributed by atoms with van der Waals surface area (Å²) in [6.45, 7) is -3.91. The zero-order chi connectivity index (χ0) is 19.2. The van der Waals surface area contributed by atoms with E-state index in [1.165, 1.54) is 40.3 Å². The topological polar surface area (TPSA) is 169 Å². The lowest BCUT2D eigenvalue weighted by Crippen LogP contribution is -2.34. The maximum atomic E-state index is 12.4. The molecule has 1 aliphatic rings. The SMILES string of the molecule is Nc1ncnc2c1ncn2[C@@H]1O[C@H](COP([O-])(=S)n2ccnc2)[C@@H](O)[C@H]1O. The summed E-state index contributed by atoms with van der Waals surface area (Å²) < 4.78 is 13.6. The van der Waals surface area contributed by atoms with Crippen molar-refractivity contribution >= 4 is 35.4 Å². The molecular formula is C13H15N7O5PS-. The average molecular weight is 412 g/mol. The normalized spacial score (nSPS) is 27.8. The monoisotopic (exact) mass is 412 g/mol.